The van der Waals surface area contributed by atoms with Crippen LogP contribution in [0.1, 0.15) is 32.3 Å². The zero-order chi connectivity index (χ0) is 22.7. The van der Waals surface area contributed by atoms with Gasteiger partial charge in [0.1, 0.15) is 5.75 Å². The number of rotatable bonds is 11. The number of aryl methyl sites for hydroxylation is 1. The third-order valence-electron chi connectivity index (χ3n) is 4.63. The second kappa shape index (κ2) is 9.52. The van der Waals surface area contributed by atoms with E-state index in [9.17, 15) is 31.5 Å². The number of likely N-dealkylation sites (N-methyl/N-ethyl adjacent to an activating group) is 1. The van der Waals surface area contributed by atoms with Crippen molar-refractivity contribution in [2.45, 2.75) is 50.5 Å². The average molecular weight is 453 g/mol. The number of aliphatic carboxylic acids is 1. The Morgan fingerprint density at radius 1 is 1.33 bits per heavy atom. The predicted molar refractivity (Wildman–Crippen MR) is 102 cm³/mol. The predicted octanol–water partition coefficient (Wildman–Crippen LogP) is 3.28. The highest BCUT2D eigenvalue weighted by Gasteiger charge is 2.34. The van der Waals surface area contributed by atoms with Gasteiger partial charge >= 0.3 is 12.3 Å². The number of hydrogen-bond acceptors (Lipinski definition) is 5. The minimum absolute atomic E-state index is 0.0809. The fourth-order valence-corrected chi connectivity index (χ4v) is 4.39. The van der Waals surface area contributed by atoms with Gasteiger partial charge in [0.15, 0.2) is 0 Å². The molecule has 0 aromatic heterocycles. The molecule has 1 heterocycles. The van der Waals surface area contributed by atoms with E-state index in [4.69, 9.17) is 4.74 Å². The monoisotopic (exact) mass is 453 g/mol. The van der Waals surface area contributed by atoms with E-state index in [0.717, 1.165) is 16.4 Å². The van der Waals surface area contributed by atoms with E-state index < -0.39 is 34.0 Å². The maximum absolute atomic E-state index is 12.8. The molecule has 0 bridgehead atoms. The molecular formula is C19H26F3NO6S. The number of nitrogens with zero attached hydrogens (tertiary/aromatic N) is 1. The molecule has 0 amide bonds. The van der Waals surface area contributed by atoms with Crippen molar-refractivity contribution in [2.24, 2.45) is 11.8 Å². The Kier molecular flexibility index (Phi) is 7.75. The van der Waals surface area contributed by atoms with Crippen LogP contribution in [0.2, 0.25) is 0 Å². The van der Waals surface area contributed by atoms with Gasteiger partial charge in [-0.2, -0.15) is 4.31 Å². The van der Waals surface area contributed by atoms with Crippen molar-refractivity contribution in [1.82, 2.24) is 4.31 Å². The lowest BCUT2D eigenvalue weighted by Gasteiger charge is -2.19. The molecule has 0 radical (unpaired) electrons. The number of ether oxygens (including phenoxy) is 2. The van der Waals surface area contributed by atoms with Crippen molar-refractivity contribution in [3.05, 3.63) is 23.8 Å². The maximum Gasteiger partial charge on any atom is 0.573 e. The molecule has 0 saturated carbocycles. The summed E-state index contributed by atoms with van der Waals surface area (Å²) in [7, 11) is -2.76. The number of sulfonamides is 1. The second-order valence-corrected chi connectivity index (χ2v) is 9.85. The lowest BCUT2D eigenvalue weighted by molar-refractivity contribution is -0.274. The standard InChI is InChI=1S/C19H26F3NO6S/c1-12(2)6-14(18(24)25)5-4-13-7-15(29-19(20,21)22)9-17(8-13)30(26,27)23(3)10-16-11-28-16/h7-9,12,14,16H,4-6,10-11H2,1-3H3,(H,24,25)/t14-,16?/m0/s1. The summed E-state index contributed by atoms with van der Waals surface area (Å²) < 4.78 is 73.7. The van der Waals surface area contributed by atoms with E-state index in [1.807, 2.05) is 13.8 Å². The molecule has 1 aromatic carbocycles. The zero-order valence-electron chi connectivity index (χ0n) is 17.0. The number of carbonyl (C=O) groups is 1. The average Bonchev–Trinajstić information content (AvgIpc) is 3.40. The Balaban J connectivity index is 2.30. The fraction of sp³-hybridized carbons (Fsp3) is 0.632. The van der Waals surface area contributed by atoms with Crippen molar-refractivity contribution in [3.8, 4) is 5.75 Å². The minimum Gasteiger partial charge on any atom is -0.481 e. The first-order valence-corrected chi connectivity index (χ1v) is 10.9. The summed E-state index contributed by atoms with van der Waals surface area (Å²) in [4.78, 5) is 11.1. The van der Waals surface area contributed by atoms with E-state index in [-0.39, 0.29) is 41.9 Å². The van der Waals surface area contributed by atoms with Gasteiger partial charge in [0, 0.05) is 19.7 Å². The van der Waals surface area contributed by atoms with Gasteiger partial charge in [-0.25, -0.2) is 8.42 Å². The first-order chi connectivity index (χ1) is 13.8. The quantitative estimate of drug-likeness (QED) is 0.517. The summed E-state index contributed by atoms with van der Waals surface area (Å²) in [6, 6.07) is 3.17. The van der Waals surface area contributed by atoms with Crippen LogP contribution in [0.25, 0.3) is 0 Å². The summed E-state index contributed by atoms with van der Waals surface area (Å²) in [5.74, 6) is -2.22. The molecular weight excluding hydrogens is 427 g/mol. The molecule has 1 saturated heterocycles. The summed E-state index contributed by atoms with van der Waals surface area (Å²) >= 11 is 0. The Labute approximate surface area is 173 Å². The topological polar surface area (TPSA) is 96.4 Å². The number of carboxylic acid groups (broad SMARTS) is 1. The van der Waals surface area contributed by atoms with Crippen molar-refractivity contribution < 1.29 is 41.0 Å². The van der Waals surface area contributed by atoms with Gasteiger partial charge in [-0.1, -0.05) is 13.8 Å². The van der Waals surface area contributed by atoms with E-state index in [1.54, 1.807) is 0 Å². The number of alkyl halides is 3. The highest BCUT2D eigenvalue weighted by Crippen LogP contribution is 2.30. The Morgan fingerprint density at radius 3 is 2.47 bits per heavy atom. The molecule has 1 aliphatic rings. The SMILES string of the molecule is CC(C)C[C@H](CCc1cc(OC(F)(F)F)cc(S(=O)(=O)N(C)CC2CO2)c1)C(=O)O. The van der Waals surface area contributed by atoms with Gasteiger partial charge in [-0.05, 0) is 42.9 Å². The van der Waals surface area contributed by atoms with Crippen LogP contribution < -0.4 is 4.74 Å². The molecule has 1 fully saturated rings. The summed E-state index contributed by atoms with van der Waals surface area (Å²) in [5, 5.41) is 9.37. The van der Waals surface area contributed by atoms with Crippen LogP contribution in [0.4, 0.5) is 13.2 Å². The molecule has 30 heavy (non-hydrogen) atoms. The fourth-order valence-electron chi connectivity index (χ4n) is 3.11. The van der Waals surface area contributed by atoms with Crippen LogP contribution in [0.15, 0.2) is 23.1 Å². The van der Waals surface area contributed by atoms with Crippen molar-refractivity contribution >= 4 is 16.0 Å². The van der Waals surface area contributed by atoms with Gasteiger partial charge in [0.25, 0.3) is 0 Å². The summed E-state index contributed by atoms with van der Waals surface area (Å²) in [6.07, 6.45) is -4.56. The van der Waals surface area contributed by atoms with E-state index in [1.165, 1.54) is 13.1 Å². The van der Waals surface area contributed by atoms with Crippen LogP contribution in [0, 0.1) is 11.8 Å². The van der Waals surface area contributed by atoms with Crippen molar-refractivity contribution in [3.63, 3.8) is 0 Å². The molecule has 1 aromatic rings. The molecule has 2 rings (SSSR count). The largest absolute Gasteiger partial charge is 0.573 e. The Morgan fingerprint density at radius 2 is 1.97 bits per heavy atom. The molecule has 170 valence electrons. The van der Waals surface area contributed by atoms with E-state index in [0.29, 0.717) is 13.0 Å². The molecule has 1 N–H and O–H groups in total. The van der Waals surface area contributed by atoms with Crippen LogP contribution in [0.5, 0.6) is 5.75 Å². The Bertz CT molecular complexity index is 852. The molecule has 1 unspecified atom stereocenters. The van der Waals surface area contributed by atoms with Gasteiger partial charge in [0.05, 0.1) is 23.5 Å². The number of epoxide rings is 1. The van der Waals surface area contributed by atoms with Gasteiger partial charge in [0.2, 0.25) is 10.0 Å². The zero-order valence-corrected chi connectivity index (χ0v) is 17.8. The highest BCUT2D eigenvalue weighted by atomic mass is 32.2. The van der Waals surface area contributed by atoms with Crippen molar-refractivity contribution in [2.75, 3.05) is 20.2 Å². The van der Waals surface area contributed by atoms with E-state index >= 15 is 0 Å². The summed E-state index contributed by atoms with van der Waals surface area (Å²) in [5.41, 5.74) is 0.251. The van der Waals surface area contributed by atoms with Crippen LogP contribution in [-0.4, -0.2) is 56.5 Å². The number of hydrogen-bond donors (Lipinski definition) is 1. The lowest BCUT2D eigenvalue weighted by atomic mass is 9.91. The second-order valence-electron chi connectivity index (χ2n) is 7.80. The van der Waals surface area contributed by atoms with Crippen LogP contribution >= 0.6 is 0 Å². The molecule has 11 heteroatoms. The number of halogens is 3. The number of carboxylic acids is 1. The molecule has 2 atom stereocenters. The highest BCUT2D eigenvalue weighted by molar-refractivity contribution is 7.89. The van der Waals surface area contributed by atoms with Crippen molar-refractivity contribution in [1.29, 1.82) is 0 Å². The first kappa shape index (κ1) is 24.4. The lowest BCUT2D eigenvalue weighted by Crippen LogP contribution is -2.30. The normalized spacial score (nSPS) is 17.9. The summed E-state index contributed by atoms with van der Waals surface area (Å²) in [6.45, 7) is 4.25. The smallest absolute Gasteiger partial charge is 0.481 e. The van der Waals surface area contributed by atoms with Gasteiger partial charge in [-0.15, -0.1) is 13.2 Å². The van der Waals surface area contributed by atoms with E-state index in [2.05, 4.69) is 4.74 Å². The molecule has 7 nitrogen and oxygen atoms in total. The number of benzene rings is 1. The minimum atomic E-state index is -4.99. The Hall–Kier alpha value is -1.85. The van der Waals surface area contributed by atoms with Crippen LogP contribution in [0.3, 0.4) is 0 Å². The molecule has 1 aliphatic heterocycles. The first-order valence-electron chi connectivity index (χ1n) is 9.48. The van der Waals surface area contributed by atoms with Gasteiger partial charge < -0.3 is 14.6 Å². The van der Waals surface area contributed by atoms with Gasteiger partial charge in [-0.3, -0.25) is 4.79 Å². The molecule has 0 spiro atoms. The molecule has 0 aliphatic carbocycles. The maximum atomic E-state index is 12.8. The van der Waals surface area contributed by atoms with Crippen LogP contribution in [-0.2, 0) is 26.0 Å². The third kappa shape index (κ3) is 7.44. The third-order valence-corrected chi connectivity index (χ3v) is 6.43.